The maximum Gasteiger partial charge on any atom is 0.230 e. The second-order valence-corrected chi connectivity index (χ2v) is 2.88. The smallest absolute Gasteiger partial charge is 0.230 e. The van der Waals surface area contributed by atoms with Crippen molar-refractivity contribution in [3.8, 4) is 0 Å². The first-order valence-corrected chi connectivity index (χ1v) is 4.02. The Bertz CT molecular complexity index is 191. The molecule has 0 saturated carbocycles. The largest absolute Gasteiger partial charge is 0.385 e. The van der Waals surface area contributed by atoms with Crippen LogP contribution >= 0.6 is 0 Å². The van der Waals surface area contributed by atoms with Gasteiger partial charge >= 0.3 is 0 Å². The van der Waals surface area contributed by atoms with Crippen molar-refractivity contribution in [2.75, 3.05) is 26.8 Å². The summed E-state index contributed by atoms with van der Waals surface area (Å²) in [4.78, 5) is 23.4. The van der Waals surface area contributed by atoms with E-state index in [0.717, 1.165) is 6.42 Å². The van der Waals surface area contributed by atoms with Crippen molar-refractivity contribution in [3.63, 3.8) is 0 Å². The highest BCUT2D eigenvalue weighted by Crippen LogP contribution is 2.06. The molecule has 0 aromatic carbocycles. The second-order valence-electron chi connectivity index (χ2n) is 2.88. The molecular formula is C8H13NO3. The summed E-state index contributed by atoms with van der Waals surface area (Å²) >= 11 is 0. The molecule has 1 fully saturated rings. The van der Waals surface area contributed by atoms with Gasteiger partial charge in [-0.15, -0.1) is 0 Å². The van der Waals surface area contributed by atoms with Crippen LogP contribution in [0.15, 0.2) is 0 Å². The van der Waals surface area contributed by atoms with Crippen LogP contribution in [0.1, 0.15) is 12.8 Å². The molecule has 12 heavy (non-hydrogen) atoms. The molecule has 0 N–H and O–H groups in total. The molecule has 1 rings (SSSR count). The summed E-state index contributed by atoms with van der Waals surface area (Å²) in [7, 11) is 1.62. The lowest BCUT2D eigenvalue weighted by atomic mass is 10.3. The van der Waals surface area contributed by atoms with Crippen molar-refractivity contribution in [3.05, 3.63) is 0 Å². The zero-order valence-electron chi connectivity index (χ0n) is 7.21. The van der Waals surface area contributed by atoms with Crippen LogP contribution in [0, 0.1) is 0 Å². The van der Waals surface area contributed by atoms with Crippen molar-refractivity contribution in [1.29, 1.82) is 0 Å². The minimum atomic E-state index is -0.0453. The van der Waals surface area contributed by atoms with Crippen molar-refractivity contribution in [1.82, 2.24) is 4.90 Å². The number of amides is 1. The Morgan fingerprint density at radius 1 is 1.50 bits per heavy atom. The normalized spacial score (nSPS) is 17.6. The summed E-state index contributed by atoms with van der Waals surface area (Å²) in [5.41, 5.74) is 0. The van der Waals surface area contributed by atoms with Gasteiger partial charge in [0.25, 0.3) is 0 Å². The molecule has 4 heteroatoms. The minimum Gasteiger partial charge on any atom is -0.385 e. The number of hydrogen-bond donors (Lipinski definition) is 0. The van der Waals surface area contributed by atoms with E-state index in [9.17, 15) is 9.59 Å². The predicted molar refractivity (Wildman–Crippen MR) is 42.7 cm³/mol. The summed E-state index contributed by atoms with van der Waals surface area (Å²) < 4.78 is 4.84. The molecule has 0 atom stereocenters. The molecule has 0 aromatic rings. The Labute approximate surface area is 71.5 Å². The molecule has 1 aliphatic rings. The number of carbonyl (C=O) groups is 2. The summed E-state index contributed by atoms with van der Waals surface area (Å²) in [5.74, 6) is -0.0199. The third-order valence-electron chi connectivity index (χ3n) is 1.84. The molecule has 0 unspecified atom stereocenters. The first-order valence-electron chi connectivity index (χ1n) is 4.02. The molecule has 0 aromatic heterocycles. The zero-order chi connectivity index (χ0) is 8.97. The van der Waals surface area contributed by atoms with Gasteiger partial charge < -0.3 is 9.64 Å². The summed E-state index contributed by atoms with van der Waals surface area (Å²) in [5, 5.41) is 0. The van der Waals surface area contributed by atoms with E-state index in [1.165, 1.54) is 0 Å². The molecule has 1 aliphatic heterocycles. The van der Waals surface area contributed by atoms with Gasteiger partial charge in [0.15, 0.2) is 5.78 Å². The van der Waals surface area contributed by atoms with E-state index in [1.807, 2.05) is 0 Å². The van der Waals surface area contributed by atoms with Gasteiger partial charge in [0.05, 0.1) is 13.0 Å². The molecule has 1 saturated heterocycles. The number of rotatable bonds is 4. The van der Waals surface area contributed by atoms with Gasteiger partial charge in [-0.1, -0.05) is 0 Å². The summed E-state index contributed by atoms with van der Waals surface area (Å²) in [6.07, 6.45) is 0.891. The Kier molecular flexibility index (Phi) is 3.22. The van der Waals surface area contributed by atoms with Gasteiger partial charge in [-0.05, 0) is 6.42 Å². The lowest BCUT2D eigenvalue weighted by molar-refractivity contribution is -0.128. The third kappa shape index (κ3) is 2.30. The highest BCUT2D eigenvalue weighted by Gasteiger charge is 2.26. The van der Waals surface area contributed by atoms with Crippen LogP contribution in [-0.4, -0.2) is 43.4 Å². The summed E-state index contributed by atoms with van der Waals surface area (Å²) in [6.45, 7) is 1.57. The van der Waals surface area contributed by atoms with Crippen LogP contribution in [0.5, 0.6) is 0 Å². The molecule has 1 heterocycles. The third-order valence-corrected chi connectivity index (χ3v) is 1.84. The number of nitrogens with zero attached hydrogens (tertiary/aromatic N) is 1. The van der Waals surface area contributed by atoms with Crippen LogP contribution in [-0.2, 0) is 14.3 Å². The number of ether oxygens (including phenoxy) is 1. The van der Waals surface area contributed by atoms with Gasteiger partial charge in [-0.2, -0.15) is 0 Å². The average Bonchev–Trinajstić information content (AvgIpc) is 2.31. The number of ketones is 1. The van der Waals surface area contributed by atoms with E-state index in [0.29, 0.717) is 19.7 Å². The fourth-order valence-corrected chi connectivity index (χ4v) is 1.24. The molecule has 0 spiro atoms. The highest BCUT2D eigenvalue weighted by atomic mass is 16.5. The molecular weight excluding hydrogens is 158 g/mol. The maximum atomic E-state index is 11.0. The van der Waals surface area contributed by atoms with Crippen LogP contribution in [0.25, 0.3) is 0 Å². The van der Waals surface area contributed by atoms with Crippen molar-refractivity contribution in [2.24, 2.45) is 0 Å². The predicted octanol–water partition coefficient (Wildman–Crippen LogP) is -0.176. The standard InChI is InChI=1S/C8H13NO3/c1-12-4-2-3-9-6-7(10)5-8(9)11/h2-6H2,1H3. The topological polar surface area (TPSA) is 46.6 Å². The zero-order valence-corrected chi connectivity index (χ0v) is 7.21. The number of Topliss-reactive ketones (excluding diaryl/α,β-unsaturated/α-hetero) is 1. The number of likely N-dealkylation sites (tertiary alicyclic amines) is 1. The van der Waals surface area contributed by atoms with E-state index in [-0.39, 0.29) is 18.1 Å². The van der Waals surface area contributed by atoms with Crippen molar-refractivity contribution in [2.45, 2.75) is 12.8 Å². The molecule has 0 aliphatic carbocycles. The maximum absolute atomic E-state index is 11.0. The monoisotopic (exact) mass is 171 g/mol. The Hall–Kier alpha value is -0.900. The first-order chi connectivity index (χ1) is 5.74. The second kappa shape index (κ2) is 4.21. The summed E-state index contributed by atoms with van der Waals surface area (Å²) in [6, 6.07) is 0. The van der Waals surface area contributed by atoms with E-state index in [4.69, 9.17) is 4.74 Å². The van der Waals surface area contributed by atoms with Crippen LogP contribution in [0.2, 0.25) is 0 Å². The first kappa shape index (κ1) is 9.19. The van der Waals surface area contributed by atoms with E-state index >= 15 is 0 Å². The van der Waals surface area contributed by atoms with Crippen molar-refractivity contribution < 1.29 is 14.3 Å². The molecule has 0 radical (unpaired) electrons. The van der Waals surface area contributed by atoms with Gasteiger partial charge in [0, 0.05) is 20.3 Å². The van der Waals surface area contributed by atoms with Gasteiger partial charge in [-0.25, -0.2) is 0 Å². The minimum absolute atomic E-state index is 0.0254. The Morgan fingerprint density at radius 2 is 2.25 bits per heavy atom. The Morgan fingerprint density at radius 3 is 2.75 bits per heavy atom. The quantitative estimate of drug-likeness (QED) is 0.435. The Balaban J connectivity index is 2.24. The highest BCUT2D eigenvalue weighted by molar-refractivity contribution is 6.05. The van der Waals surface area contributed by atoms with E-state index in [2.05, 4.69) is 0 Å². The van der Waals surface area contributed by atoms with Gasteiger partial charge in [-0.3, -0.25) is 9.59 Å². The van der Waals surface area contributed by atoms with Crippen LogP contribution in [0.3, 0.4) is 0 Å². The molecule has 1 amide bonds. The molecule has 68 valence electrons. The van der Waals surface area contributed by atoms with E-state index < -0.39 is 0 Å². The fourth-order valence-electron chi connectivity index (χ4n) is 1.24. The average molecular weight is 171 g/mol. The number of methoxy groups -OCH3 is 1. The van der Waals surface area contributed by atoms with E-state index in [1.54, 1.807) is 12.0 Å². The number of hydrogen-bond acceptors (Lipinski definition) is 3. The number of carbonyl (C=O) groups excluding carboxylic acids is 2. The fraction of sp³-hybridized carbons (Fsp3) is 0.750. The van der Waals surface area contributed by atoms with Crippen molar-refractivity contribution >= 4 is 11.7 Å². The SMILES string of the molecule is COCCCN1CC(=O)CC1=O. The molecule has 4 nitrogen and oxygen atoms in total. The van der Waals surface area contributed by atoms with Crippen LogP contribution < -0.4 is 0 Å². The molecule has 0 bridgehead atoms. The lowest BCUT2D eigenvalue weighted by Gasteiger charge is -2.13. The lowest BCUT2D eigenvalue weighted by Crippen LogP contribution is -2.27. The van der Waals surface area contributed by atoms with Crippen LogP contribution in [0.4, 0.5) is 0 Å². The van der Waals surface area contributed by atoms with Gasteiger partial charge in [0.2, 0.25) is 5.91 Å². The van der Waals surface area contributed by atoms with Gasteiger partial charge in [0.1, 0.15) is 0 Å².